The van der Waals surface area contributed by atoms with Crippen molar-refractivity contribution in [2.75, 3.05) is 40.5 Å². The summed E-state index contributed by atoms with van der Waals surface area (Å²) in [6, 6.07) is 14.1. The second-order valence-corrected chi connectivity index (χ2v) is 6.73. The van der Waals surface area contributed by atoms with Gasteiger partial charge in [0.1, 0.15) is 17.2 Å². The molecule has 140 valence electrons. The van der Waals surface area contributed by atoms with Crippen LogP contribution in [0.2, 0.25) is 0 Å². The van der Waals surface area contributed by atoms with E-state index in [2.05, 4.69) is 17.0 Å². The van der Waals surface area contributed by atoms with Gasteiger partial charge in [0.05, 0.1) is 20.8 Å². The zero-order valence-electron chi connectivity index (χ0n) is 15.9. The lowest BCUT2D eigenvalue weighted by molar-refractivity contribution is 0.205. The minimum Gasteiger partial charge on any atom is -0.497 e. The molecular weight excluding hydrogens is 326 g/mol. The van der Waals surface area contributed by atoms with Crippen LogP contribution in [-0.4, -0.2) is 45.4 Å². The van der Waals surface area contributed by atoms with E-state index in [0.29, 0.717) is 0 Å². The average Bonchev–Trinajstić information content (AvgIpc) is 2.72. The highest BCUT2D eigenvalue weighted by atomic mass is 16.5. The third-order valence-electron chi connectivity index (χ3n) is 4.88. The molecule has 4 nitrogen and oxygen atoms in total. The molecule has 0 atom stereocenters. The van der Waals surface area contributed by atoms with Gasteiger partial charge in [-0.15, -0.1) is 0 Å². The topological polar surface area (TPSA) is 30.9 Å². The predicted molar refractivity (Wildman–Crippen MR) is 105 cm³/mol. The number of likely N-dealkylation sites (tertiary alicyclic amines) is 1. The number of ether oxygens (including phenoxy) is 3. The molecule has 26 heavy (non-hydrogen) atoms. The highest BCUT2D eigenvalue weighted by molar-refractivity contribution is 5.67. The zero-order chi connectivity index (χ0) is 18.2. The highest BCUT2D eigenvalue weighted by Gasteiger charge is 2.09. The van der Waals surface area contributed by atoms with Crippen molar-refractivity contribution >= 4 is 0 Å². The average molecular weight is 355 g/mol. The van der Waals surface area contributed by atoms with Crippen molar-refractivity contribution < 1.29 is 14.2 Å². The first-order valence-electron chi connectivity index (χ1n) is 9.47. The van der Waals surface area contributed by atoms with Gasteiger partial charge >= 0.3 is 0 Å². The Morgan fingerprint density at radius 3 is 2.04 bits per heavy atom. The first-order chi connectivity index (χ1) is 12.8. The van der Waals surface area contributed by atoms with E-state index in [1.54, 1.807) is 14.2 Å². The minimum atomic E-state index is 0.767. The summed E-state index contributed by atoms with van der Waals surface area (Å²) >= 11 is 0. The summed E-state index contributed by atoms with van der Waals surface area (Å²) in [7, 11) is 3.33. The van der Waals surface area contributed by atoms with Crippen LogP contribution < -0.4 is 14.2 Å². The smallest absolute Gasteiger partial charge is 0.123 e. The van der Waals surface area contributed by atoms with E-state index in [4.69, 9.17) is 14.2 Å². The Morgan fingerprint density at radius 1 is 0.769 bits per heavy atom. The number of benzene rings is 2. The van der Waals surface area contributed by atoms with E-state index in [9.17, 15) is 0 Å². The molecule has 2 aromatic rings. The van der Waals surface area contributed by atoms with Crippen LogP contribution in [0.3, 0.4) is 0 Å². The maximum absolute atomic E-state index is 5.90. The zero-order valence-corrected chi connectivity index (χ0v) is 15.9. The molecule has 2 aromatic carbocycles. The predicted octanol–water partition coefficient (Wildman–Crippen LogP) is 4.63. The molecule has 0 unspecified atom stereocenters. The summed E-state index contributed by atoms with van der Waals surface area (Å²) < 4.78 is 16.6. The van der Waals surface area contributed by atoms with E-state index < -0.39 is 0 Å². The first kappa shape index (κ1) is 18.6. The monoisotopic (exact) mass is 355 g/mol. The largest absolute Gasteiger partial charge is 0.497 e. The van der Waals surface area contributed by atoms with Crippen molar-refractivity contribution in [2.24, 2.45) is 0 Å². The molecule has 0 amide bonds. The summed E-state index contributed by atoms with van der Waals surface area (Å²) in [4.78, 5) is 2.55. The molecule has 1 fully saturated rings. The number of piperidine rings is 1. The number of hydrogen-bond donors (Lipinski definition) is 0. The van der Waals surface area contributed by atoms with Crippen LogP contribution in [0.5, 0.6) is 17.2 Å². The molecule has 0 bridgehead atoms. The number of hydrogen-bond acceptors (Lipinski definition) is 4. The lowest BCUT2D eigenvalue weighted by Gasteiger charge is -2.26. The fourth-order valence-electron chi connectivity index (χ4n) is 3.38. The Kier molecular flexibility index (Phi) is 6.78. The van der Waals surface area contributed by atoms with Crippen LogP contribution >= 0.6 is 0 Å². The Bertz CT molecular complexity index is 656. The third-order valence-corrected chi connectivity index (χ3v) is 4.88. The van der Waals surface area contributed by atoms with E-state index in [-0.39, 0.29) is 0 Å². The van der Waals surface area contributed by atoms with Gasteiger partial charge in [0, 0.05) is 12.6 Å². The molecule has 4 heteroatoms. The van der Waals surface area contributed by atoms with Crippen LogP contribution in [0.25, 0.3) is 11.1 Å². The van der Waals surface area contributed by atoms with Crippen LogP contribution in [-0.2, 0) is 0 Å². The number of nitrogens with zero attached hydrogens (tertiary/aromatic N) is 1. The Balaban J connectivity index is 1.53. The molecule has 0 saturated carbocycles. The van der Waals surface area contributed by atoms with Crippen LogP contribution in [0.15, 0.2) is 42.5 Å². The molecule has 1 aliphatic rings. The molecule has 1 saturated heterocycles. The third kappa shape index (κ3) is 5.15. The standard InChI is InChI=1S/C22H29NO3/c1-24-21-15-19(16-22(17-21)25-2)18-7-9-20(10-8-18)26-14-6-13-23-11-4-3-5-12-23/h7-10,15-17H,3-6,11-14H2,1-2H3. The summed E-state index contributed by atoms with van der Waals surface area (Å²) in [5.41, 5.74) is 2.18. The van der Waals surface area contributed by atoms with Crippen LogP contribution in [0.1, 0.15) is 25.7 Å². The SMILES string of the molecule is COc1cc(OC)cc(-c2ccc(OCCCN3CCCCC3)cc2)c1. The summed E-state index contributed by atoms with van der Waals surface area (Å²) in [5.74, 6) is 2.50. The second kappa shape index (κ2) is 9.48. The van der Waals surface area contributed by atoms with Gasteiger partial charge in [-0.1, -0.05) is 18.6 Å². The van der Waals surface area contributed by atoms with Gasteiger partial charge < -0.3 is 19.1 Å². The molecular formula is C22H29NO3. The fraction of sp³-hybridized carbons (Fsp3) is 0.455. The molecule has 1 aliphatic heterocycles. The molecule has 0 aliphatic carbocycles. The molecule has 0 aromatic heterocycles. The van der Waals surface area contributed by atoms with E-state index in [1.165, 1.54) is 32.4 Å². The summed E-state index contributed by atoms with van der Waals surface area (Å²) in [6.45, 7) is 4.40. The van der Waals surface area contributed by atoms with Crippen LogP contribution in [0, 0.1) is 0 Å². The molecule has 0 spiro atoms. The van der Waals surface area contributed by atoms with Crippen molar-refractivity contribution in [3.63, 3.8) is 0 Å². The lowest BCUT2D eigenvalue weighted by atomic mass is 10.0. The van der Waals surface area contributed by atoms with Gasteiger partial charge in [0.2, 0.25) is 0 Å². The van der Waals surface area contributed by atoms with E-state index >= 15 is 0 Å². The first-order valence-corrected chi connectivity index (χ1v) is 9.47. The van der Waals surface area contributed by atoms with Crippen molar-refractivity contribution in [2.45, 2.75) is 25.7 Å². The van der Waals surface area contributed by atoms with Gasteiger partial charge in [0.15, 0.2) is 0 Å². The number of rotatable bonds is 8. The Morgan fingerprint density at radius 2 is 1.42 bits per heavy atom. The van der Waals surface area contributed by atoms with Crippen molar-refractivity contribution in [1.29, 1.82) is 0 Å². The maximum Gasteiger partial charge on any atom is 0.123 e. The van der Waals surface area contributed by atoms with Gasteiger partial charge in [-0.2, -0.15) is 0 Å². The van der Waals surface area contributed by atoms with Crippen molar-refractivity contribution in [1.82, 2.24) is 4.90 Å². The summed E-state index contributed by atoms with van der Waals surface area (Å²) in [5, 5.41) is 0. The quantitative estimate of drug-likeness (QED) is 0.646. The highest BCUT2D eigenvalue weighted by Crippen LogP contribution is 2.30. The number of methoxy groups -OCH3 is 2. The molecule has 0 N–H and O–H groups in total. The van der Waals surface area contributed by atoms with Gasteiger partial charge in [-0.25, -0.2) is 0 Å². The molecule has 1 heterocycles. The lowest BCUT2D eigenvalue weighted by Crippen LogP contribution is -2.31. The Labute approximate surface area is 156 Å². The van der Waals surface area contributed by atoms with Gasteiger partial charge in [0.25, 0.3) is 0 Å². The van der Waals surface area contributed by atoms with Crippen LogP contribution in [0.4, 0.5) is 0 Å². The maximum atomic E-state index is 5.90. The molecule has 0 radical (unpaired) electrons. The minimum absolute atomic E-state index is 0.767. The normalized spacial score (nSPS) is 14.8. The fourth-order valence-corrected chi connectivity index (χ4v) is 3.38. The second-order valence-electron chi connectivity index (χ2n) is 6.73. The van der Waals surface area contributed by atoms with E-state index in [0.717, 1.165) is 47.9 Å². The Hall–Kier alpha value is -2.20. The van der Waals surface area contributed by atoms with E-state index in [1.807, 2.05) is 30.3 Å². The van der Waals surface area contributed by atoms with Crippen molar-refractivity contribution in [3.8, 4) is 28.4 Å². The van der Waals surface area contributed by atoms with Crippen molar-refractivity contribution in [3.05, 3.63) is 42.5 Å². The summed E-state index contributed by atoms with van der Waals surface area (Å²) in [6.07, 6.45) is 5.15. The van der Waals surface area contributed by atoms with Gasteiger partial charge in [-0.05, 0) is 67.7 Å². The molecule has 3 rings (SSSR count). The van der Waals surface area contributed by atoms with Gasteiger partial charge in [-0.3, -0.25) is 0 Å².